The van der Waals surface area contributed by atoms with Gasteiger partial charge in [0.2, 0.25) is 5.91 Å². The average Bonchev–Trinajstić information content (AvgIpc) is 3.16. The normalized spacial score (nSPS) is 23.8. The predicted octanol–water partition coefficient (Wildman–Crippen LogP) is 2.95. The molecule has 6 heteroatoms. The number of amides is 1. The van der Waals surface area contributed by atoms with Gasteiger partial charge in [-0.05, 0) is 49.9 Å². The van der Waals surface area contributed by atoms with E-state index < -0.39 is 0 Å². The van der Waals surface area contributed by atoms with Crippen LogP contribution in [-0.2, 0) is 10.2 Å². The summed E-state index contributed by atoms with van der Waals surface area (Å²) in [5.41, 5.74) is 1.30. The van der Waals surface area contributed by atoms with Crippen molar-refractivity contribution in [1.82, 2.24) is 10.6 Å². The molecule has 5 nitrogen and oxygen atoms in total. The van der Waals surface area contributed by atoms with E-state index in [2.05, 4.69) is 22.8 Å². The average molecular weight is 381 g/mol. The lowest BCUT2D eigenvalue weighted by molar-refractivity contribution is -0.123. The van der Waals surface area contributed by atoms with Crippen molar-refractivity contribution in [2.45, 2.75) is 56.4 Å². The van der Waals surface area contributed by atoms with Crippen LogP contribution < -0.4 is 20.1 Å². The van der Waals surface area contributed by atoms with Gasteiger partial charge in [-0.25, -0.2) is 0 Å². The van der Waals surface area contributed by atoms with Crippen molar-refractivity contribution in [3.63, 3.8) is 0 Å². The van der Waals surface area contributed by atoms with E-state index in [1.807, 2.05) is 6.07 Å². The third kappa shape index (κ3) is 3.94. The molecule has 1 atom stereocenters. The lowest BCUT2D eigenvalue weighted by atomic mass is 9.78. The third-order valence-electron chi connectivity index (χ3n) is 5.94. The van der Waals surface area contributed by atoms with Crippen LogP contribution in [0.2, 0.25) is 0 Å². The van der Waals surface area contributed by atoms with Crippen molar-refractivity contribution in [3.8, 4) is 11.5 Å². The number of hydrogen-bond acceptors (Lipinski definition) is 4. The molecule has 1 aromatic carbocycles. The van der Waals surface area contributed by atoms with Gasteiger partial charge in [0.25, 0.3) is 0 Å². The van der Waals surface area contributed by atoms with Gasteiger partial charge in [-0.1, -0.05) is 25.3 Å². The fraction of sp³-hybridized carbons (Fsp3) is 0.650. The lowest BCUT2D eigenvalue weighted by Gasteiger charge is -2.32. The Labute approximate surface area is 161 Å². The molecule has 1 aliphatic carbocycles. The first-order valence-electron chi connectivity index (χ1n) is 9.68. The van der Waals surface area contributed by atoms with Gasteiger partial charge in [-0.2, -0.15) is 0 Å². The second-order valence-electron chi connectivity index (χ2n) is 7.57. The quantitative estimate of drug-likeness (QED) is 0.843. The molecule has 1 aromatic rings. The Balaban J connectivity index is 0.00000196. The number of fused-ring (bicyclic) bond motifs is 1. The molecule has 0 spiro atoms. The highest BCUT2D eigenvalue weighted by Crippen LogP contribution is 2.43. The first kappa shape index (κ1) is 19.3. The summed E-state index contributed by atoms with van der Waals surface area (Å²) in [5.74, 6) is 1.83. The van der Waals surface area contributed by atoms with Crippen molar-refractivity contribution in [2.75, 3.05) is 26.3 Å². The number of hydrogen-bond donors (Lipinski definition) is 2. The molecular weight excluding hydrogens is 352 g/mol. The summed E-state index contributed by atoms with van der Waals surface area (Å²) in [5, 5.41) is 6.58. The Kier molecular flexibility index (Phi) is 6.30. The Bertz CT molecular complexity index is 625. The zero-order chi connectivity index (χ0) is 17.1. The molecule has 2 aliphatic heterocycles. The predicted molar refractivity (Wildman–Crippen MR) is 103 cm³/mol. The van der Waals surface area contributed by atoms with Gasteiger partial charge < -0.3 is 20.1 Å². The number of halogens is 1. The van der Waals surface area contributed by atoms with E-state index in [1.54, 1.807) is 0 Å². The van der Waals surface area contributed by atoms with E-state index in [0.29, 0.717) is 19.8 Å². The molecule has 0 aromatic heterocycles. The Morgan fingerprint density at radius 1 is 1.12 bits per heavy atom. The van der Waals surface area contributed by atoms with Crippen molar-refractivity contribution in [3.05, 3.63) is 23.8 Å². The summed E-state index contributed by atoms with van der Waals surface area (Å²) in [4.78, 5) is 12.5. The summed E-state index contributed by atoms with van der Waals surface area (Å²) < 4.78 is 11.4. The van der Waals surface area contributed by atoms with E-state index in [0.717, 1.165) is 43.7 Å². The molecule has 1 saturated carbocycles. The fourth-order valence-corrected chi connectivity index (χ4v) is 4.45. The molecule has 4 rings (SSSR count). The van der Waals surface area contributed by atoms with Crippen LogP contribution in [-0.4, -0.2) is 38.3 Å². The zero-order valence-corrected chi connectivity index (χ0v) is 16.0. The molecule has 1 unspecified atom stereocenters. The van der Waals surface area contributed by atoms with Crippen LogP contribution in [0.4, 0.5) is 0 Å². The van der Waals surface area contributed by atoms with Gasteiger partial charge in [-0.15, -0.1) is 12.4 Å². The first-order valence-corrected chi connectivity index (χ1v) is 9.68. The van der Waals surface area contributed by atoms with E-state index >= 15 is 0 Å². The van der Waals surface area contributed by atoms with E-state index in [-0.39, 0.29) is 29.8 Å². The number of carbonyl (C=O) groups is 1. The maximum Gasteiger partial charge on any atom is 0.237 e. The monoisotopic (exact) mass is 380 g/mol. The van der Waals surface area contributed by atoms with Gasteiger partial charge in [0, 0.05) is 12.0 Å². The second-order valence-corrected chi connectivity index (χ2v) is 7.57. The minimum absolute atomic E-state index is 0. The summed E-state index contributed by atoms with van der Waals surface area (Å²) >= 11 is 0. The van der Waals surface area contributed by atoms with Crippen LogP contribution >= 0.6 is 12.4 Å². The van der Waals surface area contributed by atoms with Crippen LogP contribution in [0.3, 0.4) is 0 Å². The summed E-state index contributed by atoms with van der Waals surface area (Å²) in [6.07, 6.45) is 7.92. The van der Waals surface area contributed by atoms with Crippen molar-refractivity contribution < 1.29 is 14.3 Å². The minimum Gasteiger partial charge on any atom is -0.486 e. The fourth-order valence-electron chi connectivity index (χ4n) is 4.45. The summed E-state index contributed by atoms with van der Waals surface area (Å²) in [7, 11) is 0. The van der Waals surface area contributed by atoms with Gasteiger partial charge in [0.1, 0.15) is 13.2 Å². The number of nitrogens with one attached hydrogen (secondary N) is 2. The molecule has 2 N–H and O–H groups in total. The number of ether oxygens (including phenoxy) is 2. The second kappa shape index (κ2) is 8.49. The summed E-state index contributed by atoms with van der Waals surface area (Å²) in [6, 6.07) is 6.29. The SMILES string of the molecule is Cl.O=C(NCC1(c2ccc3c(c2)OCCO3)CCCC1)C1CCCCN1. The van der Waals surface area contributed by atoms with Crippen LogP contribution in [0.25, 0.3) is 0 Å². The summed E-state index contributed by atoms with van der Waals surface area (Å²) in [6.45, 7) is 2.88. The molecule has 0 bridgehead atoms. The van der Waals surface area contributed by atoms with Crippen LogP contribution in [0.5, 0.6) is 11.5 Å². The van der Waals surface area contributed by atoms with E-state index in [9.17, 15) is 4.79 Å². The Morgan fingerprint density at radius 2 is 1.88 bits per heavy atom. The van der Waals surface area contributed by atoms with E-state index in [4.69, 9.17) is 9.47 Å². The van der Waals surface area contributed by atoms with Gasteiger partial charge in [0.05, 0.1) is 6.04 Å². The maximum absolute atomic E-state index is 12.5. The zero-order valence-electron chi connectivity index (χ0n) is 15.2. The number of piperidine rings is 1. The molecule has 1 saturated heterocycles. The Hall–Kier alpha value is -1.46. The number of rotatable bonds is 4. The number of benzene rings is 1. The molecule has 144 valence electrons. The van der Waals surface area contributed by atoms with Gasteiger partial charge in [-0.3, -0.25) is 4.79 Å². The highest BCUT2D eigenvalue weighted by molar-refractivity contribution is 5.85. The van der Waals surface area contributed by atoms with Crippen molar-refractivity contribution in [2.24, 2.45) is 0 Å². The van der Waals surface area contributed by atoms with Crippen molar-refractivity contribution >= 4 is 18.3 Å². The molecule has 0 radical (unpaired) electrons. The Morgan fingerprint density at radius 3 is 2.62 bits per heavy atom. The highest BCUT2D eigenvalue weighted by Gasteiger charge is 2.37. The maximum atomic E-state index is 12.5. The molecule has 2 heterocycles. The van der Waals surface area contributed by atoms with E-state index in [1.165, 1.54) is 24.8 Å². The van der Waals surface area contributed by atoms with Crippen LogP contribution in [0, 0.1) is 0 Å². The minimum atomic E-state index is -0.0209. The van der Waals surface area contributed by atoms with Gasteiger partial charge in [0.15, 0.2) is 11.5 Å². The third-order valence-corrected chi connectivity index (χ3v) is 5.94. The smallest absolute Gasteiger partial charge is 0.237 e. The first-order chi connectivity index (χ1) is 12.3. The molecule has 2 fully saturated rings. The standard InChI is InChI=1S/C20H28N2O3.ClH/c23-19(16-5-1-4-10-21-16)22-14-20(8-2-3-9-20)15-6-7-17-18(13-15)25-12-11-24-17;/h6-7,13,16,21H,1-5,8-12,14H2,(H,22,23);1H. The van der Waals surface area contributed by atoms with Crippen LogP contribution in [0.15, 0.2) is 18.2 Å². The lowest BCUT2D eigenvalue weighted by Crippen LogP contribution is -2.49. The van der Waals surface area contributed by atoms with Crippen LogP contribution in [0.1, 0.15) is 50.5 Å². The highest BCUT2D eigenvalue weighted by atomic mass is 35.5. The number of carbonyl (C=O) groups excluding carboxylic acids is 1. The molecule has 26 heavy (non-hydrogen) atoms. The largest absolute Gasteiger partial charge is 0.486 e. The molecule has 3 aliphatic rings. The topological polar surface area (TPSA) is 59.6 Å². The van der Waals surface area contributed by atoms with Crippen molar-refractivity contribution in [1.29, 1.82) is 0 Å². The van der Waals surface area contributed by atoms with Gasteiger partial charge >= 0.3 is 0 Å². The molecule has 1 amide bonds. The molecular formula is C20H29ClN2O3.